The molecule has 0 unspecified atom stereocenters. The molecule has 0 aliphatic carbocycles. The van der Waals surface area contributed by atoms with Gasteiger partial charge in [-0.3, -0.25) is 4.79 Å². The minimum absolute atomic E-state index is 0.0594. The third-order valence-corrected chi connectivity index (χ3v) is 3.29. The number of Topliss-reactive ketones (excluding diaryl/α,β-unsaturated/α-hetero) is 1. The van der Waals surface area contributed by atoms with Gasteiger partial charge in [-0.25, -0.2) is 0 Å². The standard InChI is InChI=1S/C16H20F4O2/c1-3-5-11(6-4-2)14(21)12-7-9-13(10-8-12)22-16(19,20)15(17)18/h7-11,15H,3-6H2,1-2H3. The van der Waals surface area contributed by atoms with Crippen LogP contribution in [0.15, 0.2) is 24.3 Å². The van der Waals surface area contributed by atoms with Crippen LogP contribution in [0.4, 0.5) is 17.6 Å². The molecular weight excluding hydrogens is 300 g/mol. The van der Waals surface area contributed by atoms with Crippen LogP contribution in [0.1, 0.15) is 49.9 Å². The largest absolute Gasteiger partial charge is 0.461 e. The normalized spacial score (nSPS) is 12.0. The summed E-state index contributed by atoms with van der Waals surface area (Å²) in [6.45, 7) is 3.97. The van der Waals surface area contributed by atoms with Gasteiger partial charge in [0.2, 0.25) is 0 Å². The van der Waals surface area contributed by atoms with Gasteiger partial charge in [0.25, 0.3) is 0 Å². The van der Waals surface area contributed by atoms with E-state index < -0.39 is 18.3 Å². The van der Waals surface area contributed by atoms with Gasteiger partial charge in [0.15, 0.2) is 5.78 Å². The van der Waals surface area contributed by atoms with Gasteiger partial charge in [0, 0.05) is 11.5 Å². The number of hydrogen-bond donors (Lipinski definition) is 0. The SMILES string of the molecule is CCCC(CCC)C(=O)c1ccc(OC(F)(F)C(F)F)cc1. The Kier molecular flexibility index (Phi) is 6.84. The van der Waals surface area contributed by atoms with E-state index in [2.05, 4.69) is 4.74 Å². The average molecular weight is 320 g/mol. The Morgan fingerprint density at radius 1 is 1.09 bits per heavy atom. The molecule has 0 N–H and O–H groups in total. The van der Waals surface area contributed by atoms with Crippen molar-refractivity contribution in [1.29, 1.82) is 0 Å². The molecule has 1 aromatic carbocycles. The summed E-state index contributed by atoms with van der Waals surface area (Å²) in [5.41, 5.74) is 0.375. The van der Waals surface area contributed by atoms with Crippen molar-refractivity contribution in [3.63, 3.8) is 0 Å². The minimum atomic E-state index is -4.54. The second-order valence-corrected chi connectivity index (χ2v) is 5.13. The average Bonchev–Trinajstić information content (AvgIpc) is 2.46. The molecule has 22 heavy (non-hydrogen) atoms. The third-order valence-electron chi connectivity index (χ3n) is 3.29. The first-order valence-electron chi connectivity index (χ1n) is 7.31. The Bertz CT molecular complexity index is 466. The second kappa shape index (κ2) is 8.15. The fourth-order valence-corrected chi connectivity index (χ4v) is 2.23. The van der Waals surface area contributed by atoms with Gasteiger partial charge >= 0.3 is 12.5 Å². The Hall–Kier alpha value is -1.59. The van der Waals surface area contributed by atoms with Gasteiger partial charge in [-0.2, -0.15) is 17.6 Å². The molecule has 6 heteroatoms. The van der Waals surface area contributed by atoms with E-state index >= 15 is 0 Å². The lowest BCUT2D eigenvalue weighted by Crippen LogP contribution is -2.33. The smallest absolute Gasteiger partial charge is 0.428 e. The first-order valence-corrected chi connectivity index (χ1v) is 7.31. The van der Waals surface area contributed by atoms with E-state index in [1.165, 1.54) is 12.1 Å². The Balaban J connectivity index is 2.81. The quantitative estimate of drug-likeness (QED) is 0.454. The third kappa shape index (κ3) is 5.00. The molecule has 0 fully saturated rings. The molecule has 0 aromatic heterocycles. The van der Waals surface area contributed by atoms with Crippen molar-refractivity contribution < 1.29 is 27.1 Å². The van der Waals surface area contributed by atoms with E-state index in [1.54, 1.807) is 0 Å². The van der Waals surface area contributed by atoms with Crippen LogP contribution in [0.5, 0.6) is 5.75 Å². The zero-order chi connectivity index (χ0) is 16.8. The first kappa shape index (κ1) is 18.5. The molecule has 1 rings (SSSR count). The summed E-state index contributed by atoms with van der Waals surface area (Å²) in [6.07, 6.45) is -5.19. The highest BCUT2D eigenvalue weighted by atomic mass is 19.3. The van der Waals surface area contributed by atoms with Gasteiger partial charge in [0.05, 0.1) is 0 Å². The van der Waals surface area contributed by atoms with E-state index in [0.717, 1.165) is 37.8 Å². The Morgan fingerprint density at radius 2 is 1.59 bits per heavy atom. The number of carbonyl (C=O) groups excluding carboxylic acids is 1. The summed E-state index contributed by atoms with van der Waals surface area (Å²) in [5, 5.41) is 0. The van der Waals surface area contributed by atoms with Crippen LogP contribution >= 0.6 is 0 Å². The zero-order valence-corrected chi connectivity index (χ0v) is 12.6. The van der Waals surface area contributed by atoms with E-state index in [-0.39, 0.29) is 11.7 Å². The van der Waals surface area contributed by atoms with Crippen LogP contribution in [-0.4, -0.2) is 18.3 Å². The molecule has 1 aromatic rings. The van der Waals surface area contributed by atoms with Crippen LogP contribution < -0.4 is 4.74 Å². The molecule has 0 spiro atoms. The topological polar surface area (TPSA) is 26.3 Å². The van der Waals surface area contributed by atoms with Crippen molar-refractivity contribution in [2.75, 3.05) is 0 Å². The Labute approximate surface area is 127 Å². The molecule has 0 aliphatic heterocycles. The molecule has 0 saturated carbocycles. The molecule has 0 radical (unpaired) electrons. The van der Waals surface area contributed by atoms with Crippen LogP contribution in [0.3, 0.4) is 0 Å². The Morgan fingerprint density at radius 3 is 2.00 bits per heavy atom. The molecule has 0 bridgehead atoms. The van der Waals surface area contributed by atoms with Crippen molar-refractivity contribution in [3.8, 4) is 5.75 Å². The fraction of sp³-hybridized carbons (Fsp3) is 0.562. The summed E-state index contributed by atoms with van der Waals surface area (Å²) in [7, 11) is 0. The summed E-state index contributed by atoms with van der Waals surface area (Å²) in [6, 6.07) is 4.88. The second-order valence-electron chi connectivity index (χ2n) is 5.13. The van der Waals surface area contributed by atoms with Crippen molar-refractivity contribution in [2.24, 2.45) is 5.92 Å². The van der Waals surface area contributed by atoms with Gasteiger partial charge in [-0.15, -0.1) is 0 Å². The number of alkyl halides is 4. The number of halogens is 4. The maximum absolute atomic E-state index is 12.8. The minimum Gasteiger partial charge on any atom is -0.428 e. The van der Waals surface area contributed by atoms with E-state index in [1.807, 2.05) is 13.8 Å². The maximum atomic E-state index is 12.8. The van der Waals surface area contributed by atoms with Gasteiger partial charge in [-0.05, 0) is 37.1 Å². The van der Waals surface area contributed by atoms with Crippen LogP contribution in [-0.2, 0) is 0 Å². The predicted molar refractivity (Wildman–Crippen MR) is 75.7 cm³/mol. The molecule has 124 valence electrons. The number of hydrogen-bond acceptors (Lipinski definition) is 2. The molecule has 0 saturated heterocycles. The molecule has 0 amide bonds. The van der Waals surface area contributed by atoms with Gasteiger partial charge < -0.3 is 4.74 Å². The zero-order valence-electron chi connectivity index (χ0n) is 12.6. The van der Waals surface area contributed by atoms with Crippen LogP contribution in [0.25, 0.3) is 0 Å². The van der Waals surface area contributed by atoms with Crippen molar-refractivity contribution in [1.82, 2.24) is 0 Å². The van der Waals surface area contributed by atoms with Crippen LogP contribution in [0, 0.1) is 5.92 Å². The fourth-order valence-electron chi connectivity index (χ4n) is 2.23. The van der Waals surface area contributed by atoms with Crippen LogP contribution in [0.2, 0.25) is 0 Å². The molecule has 2 nitrogen and oxygen atoms in total. The van der Waals surface area contributed by atoms with Gasteiger partial charge in [-0.1, -0.05) is 26.7 Å². The highest BCUT2D eigenvalue weighted by Gasteiger charge is 2.43. The number of ketones is 1. The summed E-state index contributed by atoms with van der Waals surface area (Å²) in [5.74, 6) is -0.565. The number of ether oxygens (including phenoxy) is 1. The van der Waals surface area contributed by atoms with Gasteiger partial charge in [0.1, 0.15) is 5.75 Å². The number of rotatable bonds is 9. The number of benzene rings is 1. The van der Waals surface area contributed by atoms with E-state index in [4.69, 9.17) is 0 Å². The van der Waals surface area contributed by atoms with E-state index in [0.29, 0.717) is 5.56 Å². The molecule has 0 atom stereocenters. The lowest BCUT2D eigenvalue weighted by atomic mass is 9.90. The lowest BCUT2D eigenvalue weighted by molar-refractivity contribution is -0.253. The highest BCUT2D eigenvalue weighted by molar-refractivity contribution is 5.97. The molecule has 0 aliphatic rings. The molecular formula is C16H20F4O2. The predicted octanol–water partition coefficient (Wildman–Crippen LogP) is 5.32. The first-order chi connectivity index (χ1) is 10.3. The van der Waals surface area contributed by atoms with Crippen molar-refractivity contribution in [3.05, 3.63) is 29.8 Å². The highest BCUT2D eigenvalue weighted by Crippen LogP contribution is 2.28. The lowest BCUT2D eigenvalue weighted by Gasteiger charge is -2.17. The monoisotopic (exact) mass is 320 g/mol. The van der Waals surface area contributed by atoms with Crippen molar-refractivity contribution >= 4 is 5.78 Å². The molecule has 0 heterocycles. The maximum Gasteiger partial charge on any atom is 0.461 e. The summed E-state index contributed by atoms with van der Waals surface area (Å²) >= 11 is 0. The summed E-state index contributed by atoms with van der Waals surface area (Å²) < 4.78 is 53.6. The van der Waals surface area contributed by atoms with Crippen molar-refractivity contribution in [2.45, 2.75) is 52.1 Å². The number of carbonyl (C=O) groups is 1. The van der Waals surface area contributed by atoms with E-state index in [9.17, 15) is 22.4 Å². The summed E-state index contributed by atoms with van der Waals surface area (Å²) in [4.78, 5) is 12.3.